The molecule has 5 heteroatoms. The number of anilines is 1. The van der Waals surface area contributed by atoms with Gasteiger partial charge in [0.1, 0.15) is 5.75 Å². The standard InChI is InChI=1S/C21H24N2O3/c24-20(12-11-17-7-2-1-3-8-17)22-18-9-6-10-19(15-18)26-16-21(25)23-13-4-5-14-23/h1-3,6-10,15H,4-5,11-14,16H2,(H,22,24). The fourth-order valence-corrected chi connectivity index (χ4v) is 2.99. The van der Waals surface area contributed by atoms with E-state index in [0.717, 1.165) is 31.5 Å². The molecule has 0 bridgehead atoms. The Morgan fingerprint density at radius 3 is 2.54 bits per heavy atom. The van der Waals surface area contributed by atoms with E-state index in [0.29, 0.717) is 24.3 Å². The van der Waals surface area contributed by atoms with Crippen molar-refractivity contribution in [2.45, 2.75) is 25.7 Å². The van der Waals surface area contributed by atoms with Crippen LogP contribution in [0.1, 0.15) is 24.8 Å². The summed E-state index contributed by atoms with van der Waals surface area (Å²) in [6.45, 7) is 1.67. The van der Waals surface area contributed by atoms with Crippen LogP contribution >= 0.6 is 0 Å². The van der Waals surface area contributed by atoms with E-state index in [1.807, 2.05) is 47.4 Å². The lowest BCUT2D eigenvalue weighted by Gasteiger charge is -2.15. The van der Waals surface area contributed by atoms with Gasteiger partial charge in [-0.3, -0.25) is 9.59 Å². The lowest BCUT2D eigenvalue weighted by Crippen LogP contribution is -2.32. The second-order valence-corrected chi connectivity index (χ2v) is 6.44. The van der Waals surface area contributed by atoms with Gasteiger partial charge in [0.25, 0.3) is 5.91 Å². The van der Waals surface area contributed by atoms with Crippen molar-refractivity contribution in [1.82, 2.24) is 4.90 Å². The number of nitrogens with zero attached hydrogens (tertiary/aromatic N) is 1. The predicted octanol–water partition coefficient (Wildman–Crippen LogP) is 3.26. The van der Waals surface area contributed by atoms with Crippen molar-refractivity contribution in [3.8, 4) is 5.75 Å². The first-order valence-electron chi connectivity index (χ1n) is 9.05. The van der Waals surface area contributed by atoms with Gasteiger partial charge in [-0.05, 0) is 37.0 Å². The molecule has 1 saturated heterocycles. The molecule has 0 aliphatic carbocycles. The Hall–Kier alpha value is -2.82. The first kappa shape index (κ1) is 18.0. The van der Waals surface area contributed by atoms with E-state index < -0.39 is 0 Å². The van der Waals surface area contributed by atoms with Gasteiger partial charge in [0.15, 0.2) is 6.61 Å². The summed E-state index contributed by atoms with van der Waals surface area (Å²) in [6.07, 6.45) is 3.25. The second kappa shape index (κ2) is 9.04. The van der Waals surface area contributed by atoms with Gasteiger partial charge in [-0.2, -0.15) is 0 Å². The number of carbonyl (C=O) groups is 2. The molecule has 1 fully saturated rings. The predicted molar refractivity (Wildman–Crippen MR) is 101 cm³/mol. The highest BCUT2D eigenvalue weighted by molar-refractivity contribution is 5.91. The third-order valence-corrected chi connectivity index (χ3v) is 4.42. The number of amides is 2. The summed E-state index contributed by atoms with van der Waals surface area (Å²) in [5.74, 6) is 0.553. The van der Waals surface area contributed by atoms with E-state index in [1.54, 1.807) is 12.1 Å². The number of benzene rings is 2. The Balaban J connectivity index is 1.47. The third kappa shape index (κ3) is 5.34. The molecular weight excluding hydrogens is 328 g/mol. The summed E-state index contributed by atoms with van der Waals surface area (Å²) < 4.78 is 5.59. The number of ether oxygens (including phenoxy) is 1. The van der Waals surface area contributed by atoms with Crippen molar-refractivity contribution in [1.29, 1.82) is 0 Å². The van der Waals surface area contributed by atoms with Gasteiger partial charge in [0.2, 0.25) is 5.91 Å². The zero-order valence-electron chi connectivity index (χ0n) is 14.8. The first-order chi connectivity index (χ1) is 12.7. The van der Waals surface area contributed by atoms with Crippen LogP contribution < -0.4 is 10.1 Å². The van der Waals surface area contributed by atoms with E-state index in [-0.39, 0.29) is 18.4 Å². The topological polar surface area (TPSA) is 58.6 Å². The molecular formula is C21H24N2O3. The molecule has 136 valence electrons. The van der Waals surface area contributed by atoms with Gasteiger partial charge in [-0.15, -0.1) is 0 Å². The van der Waals surface area contributed by atoms with Gasteiger partial charge in [0, 0.05) is 31.3 Å². The Bertz CT molecular complexity index is 740. The summed E-state index contributed by atoms with van der Waals surface area (Å²) in [6, 6.07) is 17.1. The molecule has 2 aromatic rings. The zero-order chi connectivity index (χ0) is 18.2. The van der Waals surface area contributed by atoms with E-state index in [2.05, 4.69) is 5.32 Å². The third-order valence-electron chi connectivity index (χ3n) is 4.42. The van der Waals surface area contributed by atoms with Crippen molar-refractivity contribution in [2.24, 2.45) is 0 Å². The van der Waals surface area contributed by atoms with E-state index in [9.17, 15) is 9.59 Å². The fraction of sp³-hybridized carbons (Fsp3) is 0.333. The Kier molecular flexibility index (Phi) is 6.25. The summed E-state index contributed by atoms with van der Waals surface area (Å²) in [5.41, 5.74) is 1.81. The maximum atomic E-state index is 12.1. The van der Waals surface area contributed by atoms with E-state index >= 15 is 0 Å². The van der Waals surface area contributed by atoms with Crippen LogP contribution in [0.25, 0.3) is 0 Å². The number of hydrogen-bond acceptors (Lipinski definition) is 3. The number of carbonyl (C=O) groups excluding carboxylic acids is 2. The quantitative estimate of drug-likeness (QED) is 0.832. The molecule has 1 aliphatic heterocycles. The Morgan fingerprint density at radius 1 is 1.00 bits per heavy atom. The highest BCUT2D eigenvalue weighted by Crippen LogP contribution is 2.18. The average molecular weight is 352 g/mol. The van der Waals surface area contributed by atoms with Crippen LogP contribution in [-0.4, -0.2) is 36.4 Å². The van der Waals surface area contributed by atoms with Crippen LogP contribution in [0.3, 0.4) is 0 Å². The first-order valence-corrected chi connectivity index (χ1v) is 9.05. The average Bonchev–Trinajstić information content (AvgIpc) is 3.20. The van der Waals surface area contributed by atoms with Crippen molar-refractivity contribution in [3.05, 3.63) is 60.2 Å². The van der Waals surface area contributed by atoms with Crippen molar-refractivity contribution >= 4 is 17.5 Å². The van der Waals surface area contributed by atoms with Crippen LogP contribution in [0.5, 0.6) is 5.75 Å². The van der Waals surface area contributed by atoms with Gasteiger partial charge in [0.05, 0.1) is 0 Å². The molecule has 26 heavy (non-hydrogen) atoms. The second-order valence-electron chi connectivity index (χ2n) is 6.44. The monoisotopic (exact) mass is 352 g/mol. The van der Waals surface area contributed by atoms with Crippen molar-refractivity contribution in [2.75, 3.05) is 25.0 Å². The molecule has 0 saturated carbocycles. The molecule has 0 unspecified atom stereocenters. The fourth-order valence-electron chi connectivity index (χ4n) is 2.99. The minimum absolute atomic E-state index is 0.0137. The van der Waals surface area contributed by atoms with Crippen LogP contribution in [-0.2, 0) is 16.0 Å². The van der Waals surface area contributed by atoms with Gasteiger partial charge in [-0.1, -0.05) is 36.4 Å². The van der Waals surface area contributed by atoms with Gasteiger partial charge in [-0.25, -0.2) is 0 Å². The maximum Gasteiger partial charge on any atom is 0.260 e. The highest BCUT2D eigenvalue weighted by Gasteiger charge is 2.18. The van der Waals surface area contributed by atoms with Crippen LogP contribution in [0.15, 0.2) is 54.6 Å². The molecule has 0 aromatic heterocycles. The lowest BCUT2D eigenvalue weighted by atomic mass is 10.1. The molecule has 0 atom stereocenters. The number of nitrogens with one attached hydrogen (secondary N) is 1. The Labute approximate surface area is 154 Å². The summed E-state index contributed by atoms with van der Waals surface area (Å²) >= 11 is 0. The zero-order valence-corrected chi connectivity index (χ0v) is 14.8. The minimum atomic E-state index is -0.0425. The molecule has 1 N–H and O–H groups in total. The molecule has 2 amide bonds. The molecule has 1 heterocycles. The van der Waals surface area contributed by atoms with Crippen molar-refractivity contribution in [3.63, 3.8) is 0 Å². The largest absolute Gasteiger partial charge is 0.484 e. The molecule has 5 nitrogen and oxygen atoms in total. The number of aryl methyl sites for hydroxylation is 1. The minimum Gasteiger partial charge on any atom is -0.484 e. The SMILES string of the molecule is O=C(CCc1ccccc1)Nc1cccc(OCC(=O)N2CCCC2)c1. The summed E-state index contributed by atoms with van der Waals surface area (Å²) in [4.78, 5) is 26.0. The Morgan fingerprint density at radius 2 is 1.77 bits per heavy atom. The number of likely N-dealkylation sites (tertiary alicyclic amines) is 1. The van der Waals surface area contributed by atoms with E-state index in [1.165, 1.54) is 0 Å². The summed E-state index contributed by atoms with van der Waals surface area (Å²) in [5, 5.41) is 2.88. The lowest BCUT2D eigenvalue weighted by molar-refractivity contribution is -0.132. The van der Waals surface area contributed by atoms with E-state index in [4.69, 9.17) is 4.74 Å². The molecule has 1 aliphatic rings. The highest BCUT2D eigenvalue weighted by atomic mass is 16.5. The van der Waals surface area contributed by atoms with Crippen LogP contribution in [0, 0.1) is 0 Å². The van der Waals surface area contributed by atoms with Crippen molar-refractivity contribution < 1.29 is 14.3 Å². The van der Waals surface area contributed by atoms with Gasteiger partial charge >= 0.3 is 0 Å². The molecule has 0 radical (unpaired) electrons. The summed E-state index contributed by atoms with van der Waals surface area (Å²) in [7, 11) is 0. The molecule has 3 rings (SSSR count). The number of rotatable bonds is 7. The number of hydrogen-bond donors (Lipinski definition) is 1. The molecule has 0 spiro atoms. The maximum absolute atomic E-state index is 12.1. The normalized spacial score (nSPS) is 13.5. The smallest absolute Gasteiger partial charge is 0.260 e. The van der Waals surface area contributed by atoms with Gasteiger partial charge < -0.3 is 15.0 Å². The molecule has 2 aromatic carbocycles. The van der Waals surface area contributed by atoms with Crippen LogP contribution in [0.2, 0.25) is 0 Å². The van der Waals surface area contributed by atoms with Crippen LogP contribution in [0.4, 0.5) is 5.69 Å².